The molecule has 3 N–H and O–H groups in total. The quantitative estimate of drug-likeness (QED) is 0.0169. The standard InChI is InChI=1S/C81H140O17P2/c1-5-9-13-17-21-25-29-33-36-37-40-43-46-50-54-58-62-66-79(84)92-72-77(98-81(86)68-64-60-56-52-48-44-39-35-31-27-23-19-15-11-7-3)74-96-100(89,90)94-70-75(82)69-93-99(87,88)95-73-76(97-80(85)67-63-59-55-51-47-41-32-28-24-20-16-12-8-4)71-91-78(83)65-61-57-53-49-45-42-38-34-30-26-22-18-14-10-6-2/h9,13,21-22,25-26,28,32-36,38-40,43,50,54,75-77,82H,5-8,10-12,14-20,23-24,27,29-31,37,41-42,44-49,51-53,55-74H2,1-4H3,(H,87,88)(H,89,90)/b13-9-,25-21-,26-22-,32-28-,36-33-,38-34-,39-35-,43-40-,54-50-. The predicted molar refractivity (Wildman–Crippen MR) is 408 cm³/mol. The molecule has 0 radical (unpaired) electrons. The SMILES string of the molecule is CC/C=C\C/C=C\C/C=C\C/C=C\C/C=C\CCCC(=O)OCC(COP(=O)(O)OCC(O)COP(=O)(O)OCC(COC(=O)CCCCCCC/C=C\C/C=C\CCCCC)OC(=O)CCCCCCC/C=C\CCCCCC)OC(=O)CCCCCCC/C=C\CCCCCCCC. The Morgan fingerprint density at radius 1 is 0.290 bits per heavy atom. The van der Waals surface area contributed by atoms with Gasteiger partial charge in [-0.05, 0) is 148 Å². The highest BCUT2D eigenvalue weighted by atomic mass is 31.2. The molecule has 0 aliphatic carbocycles. The number of carbonyl (C=O) groups is 4. The van der Waals surface area contributed by atoms with E-state index in [2.05, 4.69) is 125 Å². The molecule has 5 unspecified atom stereocenters. The summed E-state index contributed by atoms with van der Waals surface area (Å²) in [5, 5.41) is 10.6. The van der Waals surface area contributed by atoms with Gasteiger partial charge >= 0.3 is 39.5 Å². The third-order valence-electron chi connectivity index (χ3n) is 16.2. The maximum Gasteiger partial charge on any atom is 0.472 e. The van der Waals surface area contributed by atoms with Crippen LogP contribution in [0.5, 0.6) is 0 Å². The van der Waals surface area contributed by atoms with Gasteiger partial charge in [-0.15, -0.1) is 0 Å². The van der Waals surface area contributed by atoms with Gasteiger partial charge < -0.3 is 33.8 Å². The molecule has 0 aromatic rings. The van der Waals surface area contributed by atoms with Crippen molar-refractivity contribution in [3.63, 3.8) is 0 Å². The fraction of sp³-hybridized carbons (Fsp3) is 0.728. The van der Waals surface area contributed by atoms with Crippen molar-refractivity contribution in [3.05, 3.63) is 109 Å². The van der Waals surface area contributed by atoms with E-state index in [9.17, 15) is 43.2 Å². The summed E-state index contributed by atoms with van der Waals surface area (Å²) in [4.78, 5) is 72.9. The number of aliphatic hydroxyl groups excluding tert-OH is 1. The summed E-state index contributed by atoms with van der Waals surface area (Å²) in [5.74, 6) is -2.27. The molecule has 0 spiro atoms. The number of aliphatic hydroxyl groups is 1. The van der Waals surface area contributed by atoms with Crippen LogP contribution in [0, 0.1) is 0 Å². The number of phosphoric acid groups is 2. The summed E-state index contributed by atoms with van der Waals surface area (Å²) in [6.07, 6.45) is 77.9. The van der Waals surface area contributed by atoms with Gasteiger partial charge in [0.25, 0.3) is 0 Å². The monoisotopic (exact) mass is 1450 g/mol. The Bertz CT molecular complexity index is 2320. The van der Waals surface area contributed by atoms with Gasteiger partial charge in [-0.1, -0.05) is 259 Å². The van der Waals surface area contributed by atoms with Gasteiger partial charge in [0.15, 0.2) is 12.2 Å². The highest BCUT2D eigenvalue weighted by molar-refractivity contribution is 7.47. The molecular weight excluding hydrogens is 1310 g/mol. The fourth-order valence-electron chi connectivity index (χ4n) is 10.2. The van der Waals surface area contributed by atoms with E-state index in [-0.39, 0.29) is 25.7 Å². The van der Waals surface area contributed by atoms with Crippen LogP contribution in [0.1, 0.15) is 323 Å². The lowest BCUT2D eigenvalue weighted by Crippen LogP contribution is -2.30. The first-order chi connectivity index (χ1) is 48.7. The summed E-state index contributed by atoms with van der Waals surface area (Å²) < 4.78 is 68.5. The van der Waals surface area contributed by atoms with E-state index in [0.717, 1.165) is 154 Å². The number of unbranched alkanes of at least 4 members (excludes halogenated alkanes) is 29. The van der Waals surface area contributed by atoms with Crippen LogP contribution in [0.3, 0.4) is 0 Å². The van der Waals surface area contributed by atoms with Crippen LogP contribution < -0.4 is 0 Å². The van der Waals surface area contributed by atoms with Crippen LogP contribution in [-0.4, -0.2) is 96.7 Å². The Labute approximate surface area is 607 Å². The van der Waals surface area contributed by atoms with Crippen molar-refractivity contribution < 1.29 is 80.2 Å². The van der Waals surface area contributed by atoms with Gasteiger partial charge in [0.2, 0.25) is 0 Å². The second-order valence-corrected chi connectivity index (χ2v) is 28.8. The minimum absolute atomic E-state index is 0.0717. The Balaban J connectivity index is 5.41. The number of ether oxygens (including phenoxy) is 4. The molecule has 17 nitrogen and oxygen atoms in total. The maximum absolute atomic E-state index is 13.1. The van der Waals surface area contributed by atoms with E-state index < -0.39 is 97.5 Å². The fourth-order valence-corrected chi connectivity index (χ4v) is 11.8. The van der Waals surface area contributed by atoms with Crippen molar-refractivity contribution in [3.8, 4) is 0 Å². The molecule has 19 heteroatoms. The first kappa shape index (κ1) is 95.7. The van der Waals surface area contributed by atoms with Crippen LogP contribution >= 0.6 is 15.6 Å². The minimum Gasteiger partial charge on any atom is -0.462 e. The lowest BCUT2D eigenvalue weighted by Gasteiger charge is -2.21. The third kappa shape index (κ3) is 72.1. The van der Waals surface area contributed by atoms with E-state index in [1.54, 1.807) is 0 Å². The zero-order valence-electron chi connectivity index (χ0n) is 62.8. The molecule has 0 aromatic heterocycles. The van der Waals surface area contributed by atoms with Crippen LogP contribution in [0.2, 0.25) is 0 Å². The molecule has 5 atom stereocenters. The second-order valence-electron chi connectivity index (χ2n) is 25.9. The summed E-state index contributed by atoms with van der Waals surface area (Å²) in [7, 11) is -9.97. The highest BCUT2D eigenvalue weighted by Crippen LogP contribution is 2.45. The molecule has 0 saturated heterocycles. The zero-order valence-corrected chi connectivity index (χ0v) is 64.6. The van der Waals surface area contributed by atoms with Gasteiger partial charge in [0.1, 0.15) is 19.3 Å². The molecule has 0 aliphatic rings. The number of allylic oxidation sites excluding steroid dienone is 18. The topological polar surface area (TPSA) is 237 Å². The highest BCUT2D eigenvalue weighted by Gasteiger charge is 2.30. The molecule has 576 valence electrons. The average molecular weight is 1450 g/mol. The smallest absolute Gasteiger partial charge is 0.462 e. The number of carbonyl (C=O) groups excluding carboxylic acids is 4. The van der Waals surface area contributed by atoms with Gasteiger partial charge in [0, 0.05) is 25.7 Å². The Hall–Kier alpha value is -4.28. The molecule has 0 heterocycles. The van der Waals surface area contributed by atoms with Crippen molar-refractivity contribution in [2.75, 3.05) is 39.6 Å². The average Bonchev–Trinajstić information content (AvgIpc) is 1.06. The Morgan fingerprint density at radius 3 is 0.880 bits per heavy atom. The normalized spacial score (nSPS) is 14.5. The molecule has 0 saturated carbocycles. The van der Waals surface area contributed by atoms with E-state index in [1.165, 1.54) is 83.5 Å². The van der Waals surface area contributed by atoms with Gasteiger partial charge in [-0.2, -0.15) is 0 Å². The van der Waals surface area contributed by atoms with E-state index in [4.69, 9.17) is 37.0 Å². The molecule has 0 bridgehead atoms. The zero-order chi connectivity index (χ0) is 73.2. The van der Waals surface area contributed by atoms with Crippen LogP contribution in [0.4, 0.5) is 0 Å². The lowest BCUT2D eigenvalue weighted by atomic mass is 10.1. The lowest BCUT2D eigenvalue weighted by molar-refractivity contribution is -0.161. The van der Waals surface area contributed by atoms with E-state index in [0.29, 0.717) is 32.1 Å². The van der Waals surface area contributed by atoms with Crippen LogP contribution in [0.25, 0.3) is 0 Å². The summed E-state index contributed by atoms with van der Waals surface area (Å²) >= 11 is 0. The second kappa shape index (κ2) is 73.0. The summed E-state index contributed by atoms with van der Waals surface area (Å²) in [5.41, 5.74) is 0. The maximum atomic E-state index is 13.1. The Morgan fingerprint density at radius 2 is 0.530 bits per heavy atom. The van der Waals surface area contributed by atoms with Crippen molar-refractivity contribution in [1.29, 1.82) is 0 Å². The number of hydrogen-bond acceptors (Lipinski definition) is 15. The molecule has 0 fully saturated rings. The van der Waals surface area contributed by atoms with Crippen molar-refractivity contribution in [2.45, 2.75) is 341 Å². The molecule has 0 aromatic carbocycles. The molecular formula is C81H140O17P2. The number of phosphoric ester groups is 2. The molecule has 0 aliphatic heterocycles. The molecule has 0 rings (SSSR count). The van der Waals surface area contributed by atoms with E-state index in [1.807, 2.05) is 12.2 Å². The van der Waals surface area contributed by atoms with Crippen molar-refractivity contribution in [1.82, 2.24) is 0 Å². The van der Waals surface area contributed by atoms with Crippen molar-refractivity contribution in [2.24, 2.45) is 0 Å². The number of hydrogen-bond donors (Lipinski definition) is 3. The van der Waals surface area contributed by atoms with Crippen LogP contribution in [0.15, 0.2) is 109 Å². The minimum atomic E-state index is -4.99. The largest absolute Gasteiger partial charge is 0.472 e. The number of rotatable bonds is 73. The van der Waals surface area contributed by atoms with Gasteiger partial charge in [-0.3, -0.25) is 37.3 Å². The Kier molecular flexibility index (Phi) is 69.9. The van der Waals surface area contributed by atoms with Gasteiger partial charge in [-0.25, -0.2) is 9.13 Å². The van der Waals surface area contributed by atoms with Crippen LogP contribution in [-0.2, 0) is 65.4 Å². The summed E-state index contributed by atoms with van der Waals surface area (Å²) in [6.45, 7) is 4.63. The first-order valence-electron chi connectivity index (χ1n) is 39.1. The molecule has 0 amide bonds. The van der Waals surface area contributed by atoms with E-state index >= 15 is 0 Å². The third-order valence-corrected chi connectivity index (χ3v) is 18.1. The van der Waals surface area contributed by atoms with Gasteiger partial charge in [0.05, 0.1) is 26.4 Å². The first-order valence-corrected chi connectivity index (χ1v) is 42.1. The van der Waals surface area contributed by atoms with Crippen molar-refractivity contribution >= 4 is 39.5 Å². The summed E-state index contributed by atoms with van der Waals surface area (Å²) in [6, 6.07) is 0. The molecule has 100 heavy (non-hydrogen) atoms. The number of esters is 4. The predicted octanol–water partition coefficient (Wildman–Crippen LogP) is 22.6.